The van der Waals surface area contributed by atoms with E-state index in [1.165, 1.54) is 5.56 Å². The van der Waals surface area contributed by atoms with Crippen LogP contribution in [0.2, 0.25) is 0 Å². The van der Waals surface area contributed by atoms with Gasteiger partial charge in [0.15, 0.2) is 0 Å². The van der Waals surface area contributed by atoms with Crippen molar-refractivity contribution in [2.45, 2.75) is 39.2 Å². The molecule has 1 aromatic rings. The predicted molar refractivity (Wildman–Crippen MR) is 82.7 cm³/mol. The molecule has 0 radical (unpaired) electrons. The van der Waals surface area contributed by atoms with Gasteiger partial charge in [0.1, 0.15) is 6.04 Å². The highest BCUT2D eigenvalue weighted by Crippen LogP contribution is 2.24. The molecular formula is C17H25NO2. The van der Waals surface area contributed by atoms with Gasteiger partial charge in [0.2, 0.25) is 0 Å². The maximum absolute atomic E-state index is 12.0. The summed E-state index contributed by atoms with van der Waals surface area (Å²) >= 11 is 0. The van der Waals surface area contributed by atoms with E-state index in [1.54, 1.807) is 6.08 Å². The minimum atomic E-state index is -0.443. The van der Waals surface area contributed by atoms with Crippen LogP contribution in [0.4, 0.5) is 0 Å². The van der Waals surface area contributed by atoms with Crippen LogP contribution in [0.1, 0.15) is 44.9 Å². The van der Waals surface area contributed by atoms with E-state index in [4.69, 9.17) is 4.74 Å². The molecule has 3 nitrogen and oxygen atoms in total. The van der Waals surface area contributed by atoms with Crippen molar-refractivity contribution in [1.29, 1.82) is 0 Å². The first-order chi connectivity index (χ1) is 9.40. The van der Waals surface area contributed by atoms with Crippen molar-refractivity contribution in [1.82, 2.24) is 5.32 Å². The molecule has 1 atom stereocenters. The summed E-state index contributed by atoms with van der Waals surface area (Å²) in [6.45, 7) is 12.9. The Morgan fingerprint density at radius 1 is 1.35 bits per heavy atom. The standard InChI is InChI=1S/C17H25NO2/c1-6-12-18-15(16(19)20-7-2)13-8-10-14(11-9-13)17(3,4)5/h6,8-11,15,18H,1,7,12H2,2-5H3. The summed E-state index contributed by atoms with van der Waals surface area (Å²) in [7, 11) is 0. The fraction of sp³-hybridized carbons (Fsp3) is 0.471. The van der Waals surface area contributed by atoms with E-state index < -0.39 is 6.04 Å². The van der Waals surface area contributed by atoms with Gasteiger partial charge in [-0.15, -0.1) is 6.58 Å². The molecule has 0 amide bonds. The van der Waals surface area contributed by atoms with Gasteiger partial charge in [0.25, 0.3) is 0 Å². The molecule has 0 bridgehead atoms. The molecule has 0 aromatic heterocycles. The Hall–Kier alpha value is -1.61. The summed E-state index contributed by atoms with van der Waals surface area (Å²) in [6.07, 6.45) is 1.73. The third-order valence-corrected chi connectivity index (χ3v) is 3.10. The number of rotatable bonds is 6. The van der Waals surface area contributed by atoms with Gasteiger partial charge in [-0.25, -0.2) is 4.79 Å². The summed E-state index contributed by atoms with van der Waals surface area (Å²) < 4.78 is 5.12. The quantitative estimate of drug-likeness (QED) is 0.639. The highest BCUT2D eigenvalue weighted by molar-refractivity contribution is 5.77. The van der Waals surface area contributed by atoms with Crippen LogP contribution in [0.15, 0.2) is 36.9 Å². The first-order valence-electron chi connectivity index (χ1n) is 7.01. The molecule has 0 heterocycles. The summed E-state index contributed by atoms with van der Waals surface area (Å²) in [5, 5.41) is 3.14. The zero-order valence-electron chi connectivity index (χ0n) is 12.9. The lowest BCUT2D eigenvalue weighted by Gasteiger charge is -2.21. The Balaban J connectivity index is 2.95. The van der Waals surface area contributed by atoms with Crippen LogP contribution < -0.4 is 5.32 Å². The van der Waals surface area contributed by atoms with Gasteiger partial charge in [0.05, 0.1) is 6.61 Å². The third-order valence-electron chi connectivity index (χ3n) is 3.10. The first-order valence-corrected chi connectivity index (χ1v) is 7.01. The van der Waals surface area contributed by atoms with E-state index in [9.17, 15) is 4.79 Å². The van der Waals surface area contributed by atoms with Gasteiger partial charge in [0, 0.05) is 6.54 Å². The number of ether oxygens (including phenoxy) is 1. The molecule has 3 heteroatoms. The smallest absolute Gasteiger partial charge is 0.327 e. The van der Waals surface area contributed by atoms with Crippen molar-refractivity contribution < 1.29 is 9.53 Å². The number of hydrogen-bond acceptors (Lipinski definition) is 3. The second-order valence-corrected chi connectivity index (χ2v) is 5.75. The molecule has 110 valence electrons. The Labute approximate surface area is 122 Å². The second-order valence-electron chi connectivity index (χ2n) is 5.75. The van der Waals surface area contributed by atoms with Crippen molar-refractivity contribution in [2.75, 3.05) is 13.2 Å². The van der Waals surface area contributed by atoms with Gasteiger partial charge in [-0.05, 0) is 23.5 Å². The lowest BCUT2D eigenvalue weighted by atomic mass is 9.86. The fourth-order valence-electron chi connectivity index (χ4n) is 1.94. The van der Waals surface area contributed by atoms with Crippen LogP contribution in [0.5, 0.6) is 0 Å². The molecule has 1 aromatic carbocycles. The van der Waals surface area contributed by atoms with Crippen LogP contribution in [0.3, 0.4) is 0 Å². The summed E-state index contributed by atoms with van der Waals surface area (Å²) in [6, 6.07) is 7.66. The van der Waals surface area contributed by atoms with Crippen molar-refractivity contribution in [2.24, 2.45) is 0 Å². The lowest BCUT2D eigenvalue weighted by Crippen LogP contribution is -2.30. The van der Waals surface area contributed by atoms with Crippen LogP contribution >= 0.6 is 0 Å². The molecule has 20 heavy (non-hydrogen) atoms. The fourth-order valence-corrected chi connectivity index (χ4v) is 1.94. The Morgan fingerprint density at radius 3 is 2.40 bits per heavy atom. The number of benzene rings is 1. The molecule has 0 aliphatic heterocycles. The molecule has 0 spiro atoms. The van der Waals surface area contributed by atoms with Crippen molar-refractivity contribution >= 4 is 5.97 Å². The average molecular weight is 275 g/mol. The van der Waals surface area contributed by atoms with E-state index in [1.807, 2.05) is 19.1 Å². The van der Waals surface area contributed by atoms with Gasteiger partial charge in [-0.2, -0.15) is 0 Å². The van der Waals surface area contributed by atoms with E-state index in [0.717, 1.165) is 5.56 Å². The Bertz CT molecular complexity index is 443. The summed E-state index contributed by atoms with van der Waals surface area (Å²) in [4.78, 5) is 12.0. The van der Waals surface area contributed by atoms with E-state index in [2.05, 4.69) is 44.8 Å². The monoisotopic (exact) mass is 275 g/mol. The van der Waals surface area contributed by atoms with E-state index in [-0.39, 0.29) is 11.4 Å². The molecule has 0 saturated carbocycles. The summed E-state index contributed by atoms with van der Waals surface area (Å²) in [5.41, 5.74) is 2.26. The van der Waals surface area contributed by atoms with Crippen LogP contribution in [-0.4, -0.2) is 19.1 Å². The van der Waals surface area contributed by atoms with Crippen molar-refractivity contribution in [3.05, 3.63) is 48.0 Å². The predicted octanol–water partition coefficient (Wildman–Crippen LogP) is 3.36. The average Bonchev–Trinajstić information content (AvgIpc) is 2.39. The van der Waals surface area contributed by atoms with Gasteiger partial charge in [-0.3, -0.25) is 5.32 Å². The van der Waals surface area contributed by atoms with Gasteiger partial charge >= 0.3 is 5.97 Å². The zero-order chi connectivity index (χ0) is 15.2. The maximum atomic E-state index is 12.0. The molecule has 1 rings (SSSR count). The zero-order valence-corrected chi connectivity index (χ0v) is 12.9. The maximum Gasteiger partial charge on any atom is 0.327 e. The number of esters is 1. The van der Waals surface area contributed by atoms with E-state index in [0.29, 0.717) is 13.2 Å². The number of carbonyl (C=O) groups excluding carboxylic acids is 1. The van der Waals surface area contributed by atoms with Crippen molar-refractivity contribution in [3.63, 3.8) is 0 Å². The second kappa shape index (κ2) is 7.25. The molecule has 0 saturated heterocycles. The first kappa shape index (κ1) is 16.4. The van der Waals surface area contributed by atoms with Crippen LogP contribution in [-0.2, 0) is 14.9 Å². The molecule has 0 aliphatic rings. The Morgan fingerprint density at radius 2 is 1.95 bits per heavy atom. The number of hydrogen-bond donors (Lipinski definition) is 1. The van der Waals surface area contributed by atoms with E-state index >= 15 is 0 Å². The van der Waals surface area contributed by atoms with Crippen LogP contribution in [0, 0.1) is 0 Å². The van der Waals surface area contributed by atoms with Gasteiger partial charge < -0.3 is 4.74 Å². The third kappa shape index (κ3) is 4.49. The molecule has 1 unspecified atom stereocenters. The molecular weight excluding hydrogens is 250 g/mol. The normalized spacial score (nSPS) is 12.8. The molecule has 0 fully saturated rings. The van der Waals surface area contributed by atoms with Crippen molar-refractivity contribution in [3.8, 4) is 0 Å². The lowest BCUT2D eigenvalue weighted by molar-refractivity contribution is -0.145. The Kier molecular flexibility index (Phi) is 5.96. The highest BCUT2D eigenvalue weighted by atomic mass is 16.5. The summed E-state index contributed by atoms with van der Waals surface area (Å²) in [5.74, 6) is -0.252. The largest absolute Gasteiger partial charge is 0.465 e. The van der Waals surface area contributed by atoms with Crippen LogP contribution in [0.25, 0.3) is 0 Å². The topological polar surface area (TPSA) is 38.3 Å². The molecule has 1 N–H and O–H groups in total. The number of carbonyl (C=O) groups is 1. The highest BCUT2D eigenvalue weighted by Gasteiger charge is 2.21. The van der Waals surface area contributed by atoms with Gasteiger partial charge in [-0.1, -0.05) is 51.1 Å². The molecule has 0 aliphatic carbocycles. The SMILES string of the molecule is C=CCNC(C(=O)OCC)c1ccc(C(C)(C)C)cc1. The minimum Gasteiger partial charge on any atom is -0.465 e. The number of nitrogens with one attached hydrogen (secondary N) is 1. The minimum absolute atomic E-state index is 0.104.